The third-order valence-electron chi connectivity index (χ3n) is 6.06. The zero-order valence-electron chi connectivity index (χ0n) is 19.2. The Balaban J connectivity index is 1.71. The van der Waals surface area contributed by atoms with E-state index in [1.165, 1.54) is 13.8 Å². The van der Waals surface area contributed by atoms with Crippen LogP contribution in [-0.2, 0) is 26.8 Å². The van der Waals surface area contributed by atoms with E-state index in [2.05, 4.69) is 9.47 Å². The van der Waals surface area contributed by atoms with Gasteiger partial charge in [-0.2, -0.15) is 21.4 Å². The molecule has 4 rings (SSSR count). The van der Waals surface area contributed by atoms with Crippen molar-refractivity contribution in [1.82, 2.24) is 0 Å². The fraction of sp³-hybridized carbons (Fsp3) is 0.348. The average Bonchev–Trinajstić information content (AvgIpc) is 3.31. The van der Waals surface area contributed by atoms with Crippen molar-refractivity contribution in [1.29, 1.82) is 0 Å². The molecule has 0 saturated carbocycles. The lowest BCUT2D eigenvalue weighted by Gasteiger charge is -2.21. The minimum Gasteiger partial charge on any atom is -0.335 e. The van der Waals surface area contributed by atoms with Gasteiger partial charge in [-0.1, -0.05) is 47.4 Å². The summed E-state index contributed by atoms with van der Waals surface area (Å²) < 4.78 is 68.1. The van der Waals surface area contributed by atoms with Crippen LogP contribution in [0, 0.1) is 0 Å². The van der Waals surface area contributed by atoms with E-state index in [9.17, 15) is 25.9 Å². The van der Waals surface area contributed by atoms with Crippen LogP contribution < -0.4 is 9.47 Å². The molecule has 0 bridgehead atoms. The average molecular weight is 556 g/mol. The van der Waals surface area contributed by atoms with Gasteiger partial charge in [0.25, 0.3) is 25.2 Å². The lowest BCUT2D eigenvalue weighted by atomic mass is 10.2. The Morgan fingerprint density at radius 1 is 0.943 bits per heavy atom. The van der Waals surface area contributed by atoms with E-state index in [0.29, 0.717) is 13.1 Å². The molecule has 2 unspecified atom stereocenters. The number of aryl methyl sites for hydroxylation is 1. The molecule has 2 aromatic carbocycles. The smallest absolute Gasteiger partial charge is 0.267 e. The Kier molecular flexibility index (Phi) is 7.60. The third-order valence-corrected chi connectivity index (χ3v) is 10.8. The predicted molar refractivity (Wildman–Crippen MR) is 141 cm³/mol. The highest BCUT2D eigenvalue weighted by Crippen LogP contribution is 2.46. The topological polar surface area (TPSA) is 116 Å². The molecule has 35 heavy (non-hydrogen) atoms. The maximum Gasteiger partial charge on any atom is 0.267 e. The van der Waals surface area contributed by atoms with Crippen LogP contribution in [0.15, 0.2) is 58.5 Å². The summed E-state index contributed by atoms with van der Waals surface area (Å²) in [6.07, 6.45) is 2.54. The number of anilines is 1. The number of thiazole rings is 1. The minimum absolute atomic E-state index is 0.253. The minimum atomic E-state index is -4.12. The van der Waals surface area contributed by atoms with E-state index in [-0.39, 0.29) is 12.8 Å². The first-order valence-electron chi connectivity index (χ1n) is 11.0. The van der Waals surface area contributed by atoms with Crippen LogP contribution in [0.4, 0.5) is 5.69 Å². The molecule has 0 spiro atoms. The summed E-state index contributed by atoms with van der Waals surface area (Å²) in [5.41, 5.74) is 1.94. The number of fused-ring (bicyclic) bond motifs is 2. The lowest BCUT2D eigenvalue weighted by molar-refractivity contribution is -0.669. The van der Waals surface area contributed by atoms with Crippen LogP contribution in [0.3, 0.4) is 0 Å². The number of rotatable bonds is 9. The van der Waals surface area contributed by atoms with Crippen molar-refractivity contribution in [3.05, 3.63) is 58.6 Å². The van der Waals surface area contributed by atoms with Crippen molar-refractivity contribution in [2.45, 2.75) is 48.6 Å². The number of para-hydroxylation sites is 2. The molecule has 2 N–H and O–H groups in total. The molecule has 0 fully saturated rings. The number of nitrogens with zero attached hydrogens (tertiary/aromatic N) is 2. The molecule has 2 atom stereocenters. The SMILES string of the molecule is CC(CCN1C(=Cc2sc3ccccc3[n+]2CCC(C)S(=O)(=O)O)Sc2ccccc21)S(=O)(=O)O. The van der Waals surface area contributed by atoms with Gasteiger partial charge < -0.3 is 4.90 Å². The summed E-state index contributed by atoms with van der Waals surface area (Å²) in [5.74, 6) is 0. The van der Waals surface area contributed by atoms with Gasteiger partial charge in [0.15, 0.2) is 6.54 Å². The van der Waals surface area contributed by atoms with Gasteiger partial charge in [0.2, 0.25) is 5.52 Å². The van der Waals surface area contributed by atoms with E-state index < -0.39 is 30.7 Å². The Labute approximate surface area is 213 Å². The van der Waals surface area contributed by atoms with Crippen molar-refractivity contribution >= 4 is 65.3 Å². The lowest BCUT2D eigenvalue weighted by Crippen LogP contribution is -2.37. The van der Waals surface area contributed by atoms with Crippen molar-refractivity contribution < 1.29 is 30.5 Å². The van der Waals surface area contributed by atoms with Gasteiger partial charge in [-0.25, -0.2) is 0 Å². The van der Waals surface area contributed by atoms with E-state index in [1.807, 2.05) is 54.6 Å². The van der Waals surface area contributed by atoms with Crippen molar-refractivity contribution in [2.75, 3.05) is 11.4 Å². The van der Waals surface area contributed by atoms with Crippen LogP contribution in [-0.4, -0.2) is 43.0 Å². The molecular formula is C23H27N2O6S4+. The Morgan fingerprint density at radius 3 is 2.29 bits per heavy atom. The van der Waals surface area contributed by atoms with Crippen LogP contribution in [0.25, 0.3) is 16.3 Å². The first kappa shape index (κ1) is 26.1. The summed E-state index contributed by atoms with van der Waals surface area (Å²) in [7, 11) is -8.25. The van der Waals surface area contributed by atoms with Gasteiger partial charge in [-0.3, -0.25) is 9.11 Å². The second kappa shape index (κ2) is 10.2. The number of aromatic nitrogens is 1. The van der Waals surface area contributed by atoms with Crippen LogP contribution in [0.1, 0.15) is 31.7 Å². The van der Waals surface area contributed by atoms with Gasteiger partial charge in [-0.15, -0.1) is 0 Å². The summed E-state index contributed by atoms with van der Waals surface area (Å²) in [6.45, 7) is 3.79. The fourth-order valence-corrected chi connectivity index (χ4v) is 6.94. The zero-order chi connectivity index (χ0) is 25.4. The van der Waals surface area contributed by atoms with Crippen LogP contribution in [0.2, 0.25) is 0 Å². The van der Waals surface area contributed by atoms with Gasteiger partial charge in [0.05, 0.1) is 27.3 Å². The number of hydrogen-bond acceptors (Lipinski definition) is 7. The molecule has 0 saturated heterocycles. The van der Waals surface area contributed by atoms with Gasteiger partial charge in [0.1, 0.15) is 4.70 Å². The highest BCUT2D eigenvalue weighted by atomic mass is 32.2. The van der Waals surface area contributed by atoms with Gasteiger partial charge in [-0.05, 0) is 38.5 Å². The molecule has 8 nitrogen and oxygen atoms in total. The van der Waals surface area contributed by atoms with Gasteiger partial charge in [0, 0.05) is 23.9 Å². The van der Waals surface area contributed by atoms with Crippen molar-refractivity contribution in [3.8, 4) is 0 Å². The molecular weight excluding hydrogens is 529 g/mol. The highest BCUT2D eigenvalue weighted by molar-refractivity contribution is 8.04. The Hall–Kier alpha value is -1.96. The number of benzene rings is 2. The molecule has 2 heterocycles. The Morgan fingerprint density at radius 2 is 1.57 bits per heavy atom. The largest absolute Gasteiger partial charge is 0.335 e. The third kappa shape index (κ3) is 5.89. The Bertz CT molecular complexity index is 1480. The monoisotopic (exact) mass is 555 g/mol. The van der Waals surface area contributed by atoms with Crippen LogP contribution in [0.5, 0.6) is 0 Å². The second-order valence-electron chi connectivity index (χ2n) is 8.49. The predicted octanol–water partition coefficient (Wildman–Crippen LogP) is 4.43. The summed E-state index contributed by atoms with van der Waals surface area (Å²) in [6, 6.07) is 15.7. The van der Waals surface area contributed by atoms with Crippen molar-refractivity contribution in [2.24, 2.45) is 0 Å². The number of thioether (sulfide) groups is 1. The molecule has 0 amide bonds. The van der Waals surface area contributed by atoms with Crippen LogP contribution >= 0.6 is 23.1 Å². The second-order valence-corrected chi connectivity index (χ2v) is 14.3. The van der Waals surface area contributed by atoms with E-state index in [4.69, 9.17) is 0 Å². The summed E-state index contributed by atoms with van der Waals surface area (Å²) in [4.78, 5) is 3.10. The van der Waals surface area contributed by atoms with Crippen molar-refractivity contribution in [3.63, 3.8) is 0 Å². The standard InChI is InChI=1S/C23H26N2O6S4/c1-16(34(26,27)28)11-13-24-18-7-3-5-9-20(18)32-22(24)15-23-25(14-12-17(2)35(29,30)31)19-8-4-6-10-21(19)33-23/h3-10,15-17H,11-14H2,1-2H3,(H-,26,27,28,29,30,31)/p+1. The fourth-order valence-electron chi connectivity index (χ4n) is 3.81. The van der Waals surface area contributed by atoms with Gasteiger partial charge >= 0.3 is 0 Å². The maximum absolute atomic E-state index is 11.6. The zero-order valence-corrected chi connectivity index (χ0v) is 22.5. The summed E-state index contributed by atoms with van der Waals surface area (Å²) in [5, 5.41) is 0.0455. The molecule has 0 aliphatic carbocycles. The summed E-state index contributed by atoms with van der Waals surface area (Å²) >= 11 is 3.16. The number of hydrogen-bond donors (Lipinski definition) is 2. The quantitative estimate of drug-likeness (QED) is 0.294. The van der Waals surface area contributed by atoms with E-state index in [1.54, 1.807) is 23.1 Å². The molecule has 3 aromatic rings. The first-order valence-corrected chi connectivity index (χ1v) is 15.7. The molecule has 1 aliphatic rings. The molecule has 1 aliphatic heterocycles. The molecule has 188 valence electrons. The first-order chi connectivity index (χ1) is 16.4. The maximum atomic E-state index is 11.6. The molecule has 1 aromatic heterocycles. The van der Waals surface area contributed by atoms with E-state index in [0.717, 1.165) is 30.8 Å². The molecule has 12 heteroatoms. The highest BCUT2D eigenvalue weighted by Gasteiger charge is 2.30. The molecule has 0 radical (unpaired) electrons. The normalized spacial score (nSPS) is 17.1. The van der Waals surface area contributed by atoms with E-state index >= 15 is 0 Å².